The van der Waals surface area contributed by atoms with Gasteiger partial charge in [-0.15, -0.1) is 0 Å². The number of nitrogens with zero attached hydrogens (tertiary/aromatic N) is 1. The average Bonchev–Trinajstić information content (AvgIpc) is 3.09. The number of nitrogens with one attached hydrogen (secondary N) is 3. The molecule has 3 N–H and O–H groups in total. The maximum absolute atomic E-state index is 12.4. The molecule has 0 bridgehead atoms. The summed E-state index contributed by atoms with van der Waals surface area (Å²) >= 11 is 0. The van der Waals surface area contributed by atoms with Crippen LogP contribution in [-0.4, -0.2) is 27.5 Å². The van der Waals surface area contributed by atoms with Gasteiger partial charge in [-0.3, -0.25) is 4.79 Å². The van der Waals surface area contributed by atoms with Crippen molar-refractivity contribution in [1.82, 2.24) is 15.0 Å². The molecule has 0 aliphatic carbocycles. The Balaban J connectivity index is 1.56. The van der Waals surface area contributed by atoms with Gasteiger partial charge >= 0.3 is 5.69 Å². The maximum Gasteiger partial charge on any atom is 0.323 e. The Morgan fingerprint density at radius 1 is 1.14 bits per heavy atom. The molecule has 0 aliphatic rings. The third-order valence-electron chi connectivity index (χ3n) is 4.36. The SMILES string of the molecule is CCCOc1nc2ccccc2cc1/C=C/C(=O)Nc1ccc2[nH]c(=O)[nH]c2c1. The predicted molar refractivity (Wildman–Crippen MR) is 114 cm³/mol. The highest BCUT2D eigenvalue weighted by molar-refractivity contribution is 6.03. The number of carbonyl (C=O) groups excluding carboxylic acids is 1. The van der Waals surface area contributed by atoms with Crippen molar-refractivity contribution in [3.8, 4) is 5.88 Å². The fourth-order valence-corrected chi connectivity index (χ4v) is 3.01. The molecule has 7 nitrogen and oxygen atoms in total. The van der Waals surface area contributed by atoms with Gasteiger partial charge in [0, 0.05) is 22.7 Å². The third kappa shape index (κ3) is 4.19. The number of hydrogen-bond acceptors (Lipinski definition) is 4. The van der Waals surface area contributed by atoms with Gasteiger partial charge in [-0.25, -0.2) is 9.78 Å². The third-order valence-corrected chi connectivity index (χ3v) is 4.36. The lowest BCUT2D eigenvalue weighted by Gasteiger charge is -2.09. The van der Waals surface area contributed by atoms with Crippen LogP contribution >= 0.6 is 0 Å². The Hall–Kier alpha value is -3.87. The van der Waals surface area contributed by atoms with E-state index in [1.165, 1.54) is 6.08 Å². The van der Waals surface area contributed by atoms with E-state index in [0.29, 0.717) is 29.2 Å². The summed E-state index contributed by atoms with van der Waals surface area (Å²) in [5.41, 5.74) is 3.19. The average molecular weight is 388 g/mol. The van der Waals surface area contributed by atoms with Crippen molar-refractivity contribution in [2.75, 3.05) is 11.9 Å². The summed E-state index contributed by atoms with van der Waals surface area (Å²) in [5, 5.41) is 3.76. The molecule has 0 radical (unpaired) electrons. The van der Waals surface area contributed by atoms with E-state index < -0.39 is 0 Å². The molecular formula is C22H20N4O3. The standard InChI is InChI=1S/C22H20N4O3/c1-2-11-29-21-15(12-14-5-3-4-6-17(14)24-21)7-10-20(27)23-16-8-9-18-19(13-16)26-22(28)25-18/h3-10,12-13H,2,11H2,1H3,(H,23,27)(H2,25,26,28)/b10-7+. The molecule has 2 heterocycles. The van der Waals surface area contributed by atoms with Crippen molar-refractivity contribution in [1.29, 1.82) is 0 Å². The summed E-state index contributed by atoms with van der Waals surface area (Å²) in [7, 11) is 0. The van der Waals surface area contributed by atoms with Gasteiger partial charge in [0.15, 0.2) is 0 Å². The minimum Gasteiger partial charge on any atom is -0.477 e. The minimum absolute atomic E-state index is 0.285. The Labute approximate surface area is 166 Å². The lowest BCUT2D eigenvalue weighted by molar-refractivity contribution is -0.111. The number of para-hydroxylation sites is 1. The Bertz CT molecular complexity index is 1270. The fraction of sp³-hybridized carbons (Fsp3) is 0.136. The number of aromatic amines is 2. The normalized spacial score (nSPS) is 11.3. The van der Waals surface area contributed by atoms with Crippen molar-refractivity contribution in [2.24, 2.45) is 0 Å². The molecule has 4 rings (SSSR count). The Morgan fingerprint density at radius 3 is 2.83 bits per heavy atom. The summed E-state index contributed by atoms with van der Waals surface area (Å²) in [6, 6.07) is 14.9. The van der Waals surface area contributed by atoms with Crippen molar-refractivity contribution in [2.45, 2.75) is 13.3 Å². The van der Waals surface area contributed by atoms with Crippen LogP contribution < -0.4 is 15.7 Å². The van der Waals surface area contributed by atoms with E-state index in [9.17, 15) is 9.59 Å². The number of benzene rings is 2. The van der Waals surface area contributed by atoms with Crippen LogP contribution in [0.3, 0.4) is 0 Å². The second-order valence-corrected chi connectivity index (χ2v) is 6.59. The van der Waals surface area contributed by atoms with Gasteiger partial charge in [0.1, 0.15) is 0 Å². The van der Waals surface area contributed by atoms with E-state index >= 15 is 0 Å². The molecule has 0 atom stereocenters. The number of imidazole rings is 1. The molecule has 7 heteroatoms. The van der Waals surface area contributed by atoms with Crippen molar-refractivity contribution >= 4 is 39.6 Å². The molecule has 2 aromatic carbocycles. The van der Waals surface area contributed by atoms with Crippen LogP contribution in [0.4, 0.5) is 5.69 Å². The van der Waals surface area contributed by atoms with Gasteiger partial charge in [-0.1, -0.05) is 25.1 Å². The Kier molecular flexibility index (Phi) is 5.11. The molecular weight excluding hydrogens is 368 g/mol. The van der Waals surface area contributed by atoms with E-state index in [4.69, 9.17) is 4.74 Å². The maximum atomic E-state index is 12.4. The number of anilines is 1. The fourth-order valence-electron chi connectivity index (χ4n) is 3.01. The molecule has 0 unspecified atom stereocenters. The Morgan fingerprint density at radius 2 is 1.97 bits per heavy atom. The highest BCUT2D eigenvalue weighted by atomic mass is 16.5. The zero-order valence-corrected chi connectivity index (χ0v) is 15.9. The first kappa shape index (κ1) is 18.5. The van der Waals surface area contributed by atoms with Crippen LogP contribution in [0.2, 0.25) is 0 Å². The molecule has 1 amide bonds. The van der Waals surface area contributed by atoms with E-state index in [1.807, 2.05) is 37.3 Å². The van der Waals surface area contributed by atoms with Crippen LogP contribution in [0.25, 0.3) is 28.0 Å². The highest BCUT2D eigenvalue weighted by Crippen LogP contribution is 2.24. The van der Waals surface area contributed by atoms with Gasteiger partial charge in [-0.05, 0) is 42.8 Å². The number of hydrogen-bond donors (Lipinski definition) is 3. The molecule has 0 saturated heterocycles. The second kappa shape index (κ2) is 8.02. The lowest BCUT2D eigenvalue weighted by Crippen LogP contribution is -2.07. The molecule has 0 saturated carbocycles. The molecule has 146 valence electrons. The lowest BCUT2D eigenvalue weighted by atomic mass is 10.1. The van der Waals surface area contributed by atoms with E-state index in [2.05, 4.69) is 20.3 Å². The first-order chi connectivity index (χ1) is 14.1. The van der Waals surface area contributed by atoms with E-state index in [0.717, 1.165) is 22.9 Å². The molecule has 29 heavy (non-hydrogen) atoms. The zero-order chi connectivity index (χ0) is 20.2. The van der Waals surface area contributed by atoms with Crippen LogP contribution in [-0.2, 0) is 4.79 Å². The number of carbonyl (C=O) groups is 1. The quantitative estimate of drug-likeness (QED) is 0.437. The smallest absolute Gasteiger partial charge is 0.323 e. The van der Waals surface area contributed by atoms with Crippen LogP contribution in [0.15, 0.2) is 59.4 Å². The summed E-state index contributed by atoms with van der Waals surface area (Å²) in [5.74, 6) is 0.206. The number of rotatable bonds is 6. The van der Waals surface area contributed by atoms with Crippen LogP contribution in [0, 0.1) is 0 Å². The van der Waals surface area contributed by atoms with E-state index in [1.54, 1.807) is 24.3 Å². The summed E-state index contributed by atoms with van der Waals surface area (Å²) < 4.78 is 5.76. The molecule has 4 aromatic rings. The number of aromatic nitrogens is 3. The monoisotopic (exact) mass is 388 g/mol. The minimum atomic E-state index is -0.295. The van der Waals surface area contributed by atoms with Gasteiger partial charge in [-0.2, -0.15) is 0 Å². The first-order valence-corrected chi connectivity index (χ1v) is 9.36. The molecule has 0 fully saturated rings. The number of fused-ring (bicyclic) bond motifs is 2. The predicted octanol–water partition coefficient (Wildman–Crippen LogP) is 3.85. The van der Waals surface area contributed by atoms with Crippen molar-refractivity contribution in [3.63, 3.8) is 0 Å². The van der Waals surface area contributed by atoms with Gasteiger partial charge in [0.05, 0.1) is 23.2 Å². The summed E-state index contributed by atoms with van der Waals surface area (Å²) in [6.07, 6.45) is 3.99. The summed E-state index contributed by atoms with van der Waals surface area (Å²) in [4.78, 5) is 33.6. The largest absolute Gasteiger partial charge is 0.477 e. The number of amides is 1. The van der Waals surface area contributed by atoms with Gasteiger partial charge < -0.3 is 20.0 Å². The number of H-pyrrole nitrogens is 2. The summed E-state index contributed by atoms with van der Waals surface area (Å²) in [6.45, 7) is 2.58. The number of ether oxygens (including phenoxy) is 1. The first-order valence-electron chi connectivity index (χ1n) is 9.36. The van der Waals surface area contributed by atoms with E-state index in [-0.39, 0.29) is 11.6 Å². The molecule has 2 aromatic heterocycles. The molecule has 0 spiro atoms. The van der Waals surface area contributed by atoms with Crippen LogP contribution in [0.5, 0.6) is 5.88 Å². The zero-order valence-electron chi connectivity index (χ0n) is 15.9. The van der Waals surface area contributed by atoms with Gasteiger partial charge in [0.25, 0.3) is 0 Å². The topological polar surface area (TPSA) is 99.9 Å². The highest BCUT2D eigenvalue weighted by Gasteiger charge is 2.07. The molecule has 0 aliphatic heterocycles. The van der Waals surface area contributed by atoms with Crippen molar-refractivity contribution < 1.29 is 9.53 Å². The van der Waals surface area contributed by atoms with Crippen molar-refractivity contribution in [3.05, 3.63) is 70.7 Å². The second-order valence-electron chi connectivity index (χ2n) is 6.59. The van der Waals surface area contributed by atoms with Crippen LogP contribution in [0.1, 0.15) is 18.9 Å². The van der Waals surface area contributed by atoms with Gasteiger partial charge in [0.2, 0.25) is 11.8 Å². The number of pyridine rings is 1.